The minimum atomic E-state index is -0.206. The SMILES string of the molecule is CC(Cl)c1ccccc1NC(=O)C1(C)CCCC1. The number of carbonyl (C=O) groups excluding carboxylic acids is 1. The summed E-state index contributed by atoms with van der Waals surface area (Å²) in [6, 6.07) is 7.76. The lowest BCUT2D eigenvalue weighted by atomic mass is 9.87. The predicted molar refractivity (Wildman–Crippen MR) is 75.9 cm³/mol. The number of amides is 1. The maximum atomic E-state index is 12.4. The molecule has 1 aromatic rings. The Bertz CT molecular complexity index is 436. The Morgan fingerprint density at radius 3 is 2.56 bits per heavy atom. The third-order valence-electron chi connectivity index (χ3n) is 3.89. The van der Waals surface area contributed by atoms with E-state index in [2.05, 4.69) is 12.2 Å². The van der Waals surface area contributed by atoms with Crippen LogP contribution in [0.2, 0.25) is 0 Å². The summed E-state index contributed by atoms with van der Waals surface area (Å²) in [7, 11) is 0. The van der Waals surface area contributed by atoms with Crippen molar-refractivity contribution in [2.75, 3.05) is 5.32 Å². The van der Waals surface area contributed by atoms with E-state index in [9.17, 15) is 4.79 Å². The molecule has 1 amide bonds. The molecule has 1 atom stereocenters. The molecule has 0 saturated heterocycles. The maximum absolute atomic E-state index is 12.4. The first-order chi connectivity index (χ1) is 8.53. The summed E-state index contributed by atoms with van der Waals surface area (Å²) < 4.78 is 0. The van der Waals surface area contributed by atoms with Crippen LogP contribution in [0, 0.1) is 5.41 Å². The molecule has 0 radical (unpaired) electrons. The molecule has 98 valence electrons. The van der Waals surface area contributed by atoms with E-state index in [1.807, 2.05) is 31.2 Å². The highest BCUT2D eigenvalue weighted by molar-refractivity contribution is 6.21. The number of carbonyl (C=O) groups is 1. The van der Waals surface area contributed by atoms with Crippen molar-refractivity contribution in [3.63, 3.8) is 0 Å². The fourth-order valence-electron chi connectivity index (χ4n) is 2.61. The van der Waals surface area contributed by atoms with Gasteiger partial charge in [-0.1, -0.05) is 38.0 Å². The monoisotopic (exact) mass is 265 g/mol. The Balaban J connectivity index is 2.16. The summed E-state index contributed by atoms with van der Waals surface area (Å²) in [4.78, 5) is 12.4. The molecule has 1 unspecified atom stereocenters. The molecule has 1 fully saturated rings. The lowest BCUT2D eigenvalue weighted by Gasteiger charge is -2.23. The van der Waals surface area contributed by atoms with Crippen LogP contribution in [0.25, 0.3) is 0 Å². The van der Waals surface area contributed by atoms with Gasteiger partial charge in [0.15, 0.2) is 0 Å². The average molecular weight is 266 g/mol. The highest BCUT2D eigenvalue weighted by Gasteiger charge is 2.36. The lowest BCUT2D eigenvalue weighted by Crippen LogP contribution is -2.31. The van der Waals surface area contributed by atoms with Gasteiger partial charge < -0.3 is 5.32 Å². The molecule has 0 spiro atoms. The van der Waals surface area contributed by atoms with Crippen LogP contribution < -0.4 is 5.32 Å². The van der Waals surface area contributed by atoms with E-state index >= 15 is 0 Å². The molecule has 0 bridgehead atoms. The van der Waals surface area contributed by atoms with Crippen molar-refractivity contribution in [1.82, 2.24) is 0 Å². The van der Waals surface area contributed by atoms with Crippen LogP contribution >= 0.6 is 11.6 Å². The molecule has 18 heavy (non-hydrogen) atoms. The van der Waals surface area contributed by atoms with Gasteiger partial charge in [-0.3, -0.25) is 4.79 Å². The van der Waals surface area contributed by atoms with Gasteiger partial charge in [-0.25, -0.2) is 0 Å². The quantitative estimate of drug-likeness (QED) is 0.801. The zero-order chi connectivity index (χ0) is 13.2. The third kappa shape index (κ3) is 2.69. The fraction of sp³-hybridized carbons (Fsp3) is 0.533. The summed E-state index contributed by atoms with van der Waals surface area (Å²) in [6.45, 7) is 3.98. The summed E-state index contributed by atoms with van der Waals surface area (Å²) in [6.07, 6.45) is 4.27. The molecule has 2 rings (SSSR count). The summed E-state index contributed by atoms with van der Waals surface area (Å²) in [5.74, 6) is 0.129. The van der Waals surface area contributed by atoms with Gasteiger partial charge in [0.05, 0.1) is 5.38 Å². The molecule has 1 aliphatic carbocycles. The first kappa shape index (κ1) is 13.4. The molecule has 3 heteroatoms. The van der Waals surface area contributed by atoms with E-state index in [1.165, 1.54) is 0 Å². The van der Waals surface area contributed by atoms with E-state index < -0.39 is 0 Å². The van der Waals surface area contributed by atoms with Gasteiger partial charge >= 0.3 is 0 Å². The van der Waals surface area contributed by atoms with E-state index in [4.69, 9.17) is 11.6 Å². The summed E-state index contributed by atoms with van der Waals surface area (Å²) in [5.41, 5.74) is 1.62. The lowest BCUT2D eigenvalue weighted by molar-refractivity contribution is -0.124. The second kappa shape index (κ2) is 5.31. The molecular formula is C15H20ClNO. The highest BCUT2D eigenvalue weighted by Crippen LogP contribution is 2.39. The topological polar surface area (TPSA) is 29.1 Å². The van der Waals surface area contributed by atoms with Crippen molar-refractivity contribution in [3.8, 4) is 0 Å². The summed E-state index contributed by atoms with van der Waals surface area (Å²) >= 11 is 6.13. The standard InChI is InChI=1S/C15H20ClNO/c1-11(16)12-7-3-4-8-13(12)17-14(18)15(2)9-5-6-10-15/h3-4,7-8,11H,5-6,9-10H2,1-2H3,(H,17,18). The molecular weight excluding hydrogens is 246 g/mol. The third-order valence-corrected chi connectivity index (χ3v) is 4.13. The number of hydrogen-bond acceptors (Lipinski definition) is 1. The van der Waals surface area contributed by atoms with Crippen LogP contribution in [0.3, 0.4) is 0 Å². The van der Waals surface area contributed by atoms with Crippen LogP contribution in [0.5, 0.6) is 0 Å². The van der Waals surface area contributed by atoms with Crippen LogP contribution in [0.4, 0.5) is 5.69 Å². The summed E-state index contributed by atoms with van der Waals surface area (Å²) in [5, 5.41) is 2.95. The Morgan fingerprint density at radius 2 is 1.94 bits per heavy atom. The zero-order valence-corrected chi connectivity index (χ0v) is 11.8. The largest absolute Gasteiger partial charge is 0.325 e. The number of anilines is 1. The number of para-hydroxylation sites is 1. The molecule has 0 aromatic heterocycles. The minimum Gasteiger partial charge on any atom is -0.325 e. The highest BCUT2D eigenvalue weighted by atomic mass is 35.5. The van der Waals surface area contributed by atoms with E-state index in [-0.39, 0.29) is 16.7 Å². The maximum Gasteiger partial charge on any atom is 0.230 e. The van der Waals surface area contributed by atoms with Crippen molar-refractivity contribution in [2.45, 2.75) is 44.9 Å². The Hall–Kier alpha value is -1.02. The molecule has 0 aliphatic heterocycles. The van der Waals surface area contributed by atoms with Crippen molar-refractivity contribution >= 4 is 23.2 Å². The van der Waals surface area contributed by atoms with Gasteiger partial charge in [0, 0.05) is 11.1 Å². The Kier molecular flexibility index (Phi) is 3.96. The molecule has 1 saturated carbocycles. The Labute approximate surface area is 114 Å². The zero-order valence-electron chi connectivity index (χ0n) is 11.0. The van der Waals surface area contributed by atoms with E-state index in [1.54, 1.807) is 0 Å². The minimum absolute atomic E-state index is 0.0992. The number of alkyl halides is 1. The molecule has 0 heterocycles. The van der Waals surface area contributed by atoms with Gasteiger partial charge in [0.1, 0.15) is 0 Å². The van der Waals surface area contributed by atoms with Gasteiger partial charge in [-0.15, -0.1) is 11.6 Å². The molecule has 1 aromatic carbocycles. The molecule has 2 nitrogen and oxygen atoms in total. The predicted octanol–water partition coefficient (Wildman–Crippen LogP) is 4.51. The van der Waals surface area contributed by atoms with Crippen molar-refractivity contribution in [3.05, 3.63) is 29.8 Å². The smallest absolute Gasteiger partial charge is 0.230 e. The second-order valence-corrected chi connectivity index (χ2v) is 6.08. The van der Waals surface area contributed by atoms with Crippen LogP contribution in [-0.2, 0) is 4.79 Å². The number of halogens is 1. The number of nitrogens with one attached hydrogen (secondary N) is 1. The van der Waals surface area contributed by atoms with Gasteiger partial charge in [0.25, 0.3) is 0 Å². The van der Waals surface area contributed by atoms with Crippen molar-refractivity contribution in [2.24, 2.45) is 5.41 Å². The molecule has 1 aliphatic rings. The van der Waals surface area contributed by atoms with Crippen molar-refractivity contribution in [1.29, 1.82) is 0 Å². The fourth-order valence-corrected chi connectivity index (χ4v) is 2.80. The van der Waals surface area contributed by atoms with E-state index in [0.29, 0.717) is 0 Å². The first-order valence-corrected chi connectivity index (χ1v) is 7.01. The first-order valence-electron chi connectivity index (χ1n) is 6.57. The van der Waals surface area contributed by atoms with Crippen molar-refractivity contribution < 1.29 is 4.79 Å². The molecule has 1 N–H and O–H groups in total. The van der Waals surface area contributed by atoms with Crippen LogP contribution in [0.1, 0.15) is 50.5 Å². The number of hydrogen-bond donors (Lipinski definition) is 1. The van der Waals surface area contributed by atoms with Crippen LogP contribution in [-0.4, -0.2) is 5.91 Å². The average Bonchev–Trinajstić information content (AvgIpc) is 2.78. The number of rotatable bonds is 3. The van der Waals surface area contributed by atoms with Gasteiger partial charge in [-0.2, -0.15) is 0 Å². The van der Waals surface area contributed by atoms with Gasteiger partial charge in [-0.05, 0) is 31.4 Å². The normalized spacial score (nSPS) is 19.5. The number of benzene rings is 1. The van der Waals surface area contributed by atoms with Crippen LogP contribution in [0.15, 0.2) is 24.3 Å². The second-order valence-electron chi connectivity index (χ2n) is 5.43. The van der Waals surface area contributed by atoms with E-state index in [0.717, 1.165) is 36.9 Å². The Morgan fingerprint density at radius 1 is 1.33 bits per heavy atom. The van der Waals surface area contributed by atoms with Gasteiger partial charge in [0.2, 0.25) is 5.91 Å².